The van der Waals surface area contributed by atoms with Crippen LogP contribution in [0, 0.1) is 0 Å². The van der Waals surface area contributed by atoms with E-state index in [1.165, 1.54) is 0 Å². The van der Waals surface area contributed by atoms with Crippen LogP contribution in [0.3, 0.4) is 0 Å². The topological polar surface area (TPSA) is 116 Å². The van der Waals surface area contributed by atoms with Gasteiger partial charge in [0.15, 0.2) is 0 Å². The second kappa shape index (κ2) is 8.07. The third-order valence-corrected chi connectivity index (χ3v) is 6.11. The predicted octanol–water partition coefficient (Wildman–Crippen LogP) is 1.27. The van der Waals surface area contributed by atoms with E-state index in [-0.39, 0.29) is 24.3 Å². The summed E-state index contributed by atoms with van der Waals surface area (Å²) in [6.07, 6.45) is 4.57. The van der Waals surface area contributed by atoms with Crippen molar-refractivity contribution in [2.75, 3.05) is 11.9 Å². The van der Waals surface area contributed by atoms with Gasteiger partial charge in [0.2, 0.25) is 11.8 Å². The quantitative estimate of drug-likeness (QED) is 0.624. The number of anilines is 1. The predicted molar refractivity (Wildman–Crippen MR) is 112 cm³/mol. The van der Waals surface area contributed by atoms with E-state index < -0.39 is 11.9 Å². The first-order valence-electron chi connectivity index (χ1n) is 10.6. The average Bonchev–Trinajstić information content (AvgIpc) is 3.41. The first kappa shape index (κ1) is 19.6. The number of hydrogen-bond donors (Lipinski definition) is 3. The summed E-state index contributed by atoms with van der Waals surface area (Å²) in [5.41, 5.74) is 2.54. The lowest BCUT2D eigenvalue weighted by atomic mass is 10.0. The summed E-state index contributed by atoms with van der Waals surface area (Å²) in [7, 11) is 0. The van der Waals surface area contributed by atoms with Gasteiger partial charge in [0.05, 0.1) is 6.04 Å². The van der Waals surface area contributed by atoms with Gasteiger partial charge in [-0.15, -0.1) is 0 Å². The molecule has 0 saturated carbocycles. The number of rotatable bonds is 5. The maximum Gasteiger partial charge on any atom is 0.255 e. The normalized spacial score (nSPS) is 23.1. The van der Waals surface area contributed by atoms with E-state index in [1.54, 1.807) is 11.1 Å². The van der Waals surface area contributed by atoms with Gasteiger partial charge in [-0.1, -0.05) is 12.1 Å². The minimum Gasteiger partial charge on any atom is -0.366 e. The Morgan fingerprint density at radius 3 is 2.87 bits per heavy atom. The number of imide groups is 1. The molecule has 5 rings (SSSR count). The maximum atomic E-state index is 12.8. The van der Waals surface area contributed by atoms with E-state index in [4.69, 9.17) is 0 Å². The number of nitrogens with zero attached hydrogens (tertiary/aromatic N) is 3. The van der Waals surface area contributed by atoms with Crippen LogP contribution in [0.2, 0.25) is 0 Å². The molecule has 1 aromatic carbocycles. The maximum absolute atomic E-state index is 12.8. The SMILES string of the molecule is O=C1CCC(N2Cc3cc(CNc4ccnc(C5CCCN5)n4)ccc3C2=O)C(=O)N1. The van der Waals surface area contributed by atoms with Gasteiger partial charge in [-0.05, 0) is 49.1 Å². The third-order valence-electron chi connectivity index (χ3n) is 6.11. The number of carbonyl (C=O) groups is 3. The highest BCUT2D eigenvalue weighted by atomic mass is 16.2. The minimum absolute atomic E-state index is 0.159. The van der Waals surface area contributed by atoms with Crippen molar-refractivity contribution < 1.29 is 14.4 Å². The fraction of sp³-hybridized carbons (Fsp3) is 0.409. The van der Waals surface area contributed by atoms with Crippen LogP contribution in [0.4, 0.5) is 5.82 Å². The second-order valence-corrected chi connectivity index (χ2v) is 8.19. The van der Waals surface area contributed by atoms with Crippen molar-refractivity contribution in [3.05, 3.63) is 53.0 Å². The summed E-state index contributed by atoms with van der Waals surface area (Å²) in [4.78, 5) is 47.0. The summed E-state index contributed by atoms with van der Waals surface area (Å²) in [6, 6.07) is 7.19. The molecule has 0 aliphatic carbocycles. The first-order valence-corrected chi connectivity index (χ1v) is 10.6. The van der Waals surface area contributed by atoms with Gasteiger partial charge in [-0.3, -0.25) is 19.7 Å². The van der Waals surface area contributed by atoms with E-state index >= 15 is 0 Å². The molecular weight excluding hydrogens is 396 g/mol. The number of aromatic nitrogens is 2. The highest BCUT2D eigenvalue weighted by molar-refractivity contribution is 6.05. The molecule has 9 nitrogen and oxygen atoms in total. The molecule has 0 radical (unpaired) electrons. The zero-order valence-corrected chi connectivity index (χ0v) is 17.1. The molecule has 3 N–H and O–H groups in total. The van der Waals surface area contributed by atoms with Crippen LogP contribution in [0.5, 0.6) is 0 Å². The van der Waals surface area contributed by atoms with Gasteiger partial charge in [-0.25, -0.2) is 9.97 Å². The molecule has 31 heavy (non-hydrogen) atoms. The zero-order chi connectivity index (χ0) is 21.4. The Balaban J connectivity index is 1.26. The molecule has 2 aromatic rings. The van der Waals surface area contributed by atoms with Crippen LogP contribution in [0.15, 0.2) is 30.5 Å². The summed E-state index contributed by atoms with van der Waals surface area (Å²) in [5.74, 6) is 0.738. The molecule has 3 amide bonds. The Kier molecular flexibility index (Phi) is 5.11. The Hall–Kier alpha value is -3.33. The van der Waals surface area contributed by atoms with Gasteiger partial charge < -0.3 is 15.5 Å². The van der Waals surface area contributed by atoms with Crippen LogP contribution >= 0.6 is 0 Å². The van der Waals surface area contributed by atoms with Gasteiger partial charge >= 0.3 is 0 Å². The fourth-order valence-electron chi connectivity index (χ4n) is 4.48. The molecule has 3 aliphatic heterocycles. The Morgan fingerprint density at radius 1 is 1.16 bits per heavy atom. The van der Waals surface area contributed by atoms with E-state index in [9.17, 15) is 14.4 Å². The van der Waals surface area contributed by atoms with Crippen LogP contribution in [0.25, 0.3) is 0 Å². The minimum atomic E-state index is -0.595. The largest absolute Gasteiger partial charge is 0.366 e. The molecular formula is C22H24N6O3. The molecule has 0 spiro atoms. The summed E-state index contributed by atoms with van der Waals surface area (Å²) in [6.45, 7) is 1.93. The second-order valence-electron chi connectivity index (χ2n) is 8.19. The van der Waals surface area contributed by atoms with Crippen LogP contribution in [-0.4, -0.2) is 45.2 Å². The number of nitrogens with one attached hydrogen (secondary N) is 3. The van der Waals surface area contributed by atoms with Crippen molar-refractivity contribution >= 4 is 23.5 Å². The fourth-order valence-corrected chi connectivity index (χ4v) is 4.48. The lowest BCUT2D eigenvalue weighted by molar-refractivity contribution is -0.136. The summed E-state index contributed by atoms with van der Waals surface area (Å²) in [5, 5.41) is 9.07. The van der Waals surface area contributed by atoms with Gasteiger partial charge in [0, 0.05) is 31.3 Å². The summed E-state index contributed by atoms with van der Waals surface area (Å²) < 4.78 is 0. The van der Waals surface area contributed by atoms with Gasteiger partial charge in [-0.2, -0.15) is 0 Å². The molecule has 0 bridgehead atoms. The number of carbonyl (C=O) groups excluding carboxylic acids is 3. The average molecular weight is 420 g/mol. The smallest absolute Gasteiger partial charge is 0.255 e. The third kappa shape index (κ3) is 3.88. The summed E-state index contributed by atoms with van der Waals surface area (Å²) >= 11 is 0. The lowest BCUT2D eigenvalue weighted by Crippen LogP contribution is -2.52. The number of hydrogen-bond acceptors (Lipinski definition) is 7. The van der Waals surface area contributed by atoms with Gasteiger partial charge in [0.1, 0.15) is 17.7 Å². The highest BCUT2D eigenvalue weighted by Crippen LogP contribution is 2.28. The number of fused-ring (bicyclic) bond motifs is 1. The van der Waals surface area contributed by atoms with Crippen LogP contribution in [-0.2, 0) is 22.7 Å². The zero-order valence-electron chi connectivity index (χ0n) is 17.1. The molecule has 1 aromatic heterocycles. The van der Waals surface area contributed by atoms with Crippen molar-refractivity contribution in [3.8, 4) is 0 Å². The van der Waals surface area contributed by atoms with Gasteiger partial charge in [0.25, 0.3) is 5.91 Å². The molecule has 2 unspecified atom stereocenters. The van der Waals surface area contributed by atoms with Crippen molar-refractivity contribution in [3.63, 3.8) is 0 Å². The highest BCUT2D eigenvalue weighted by Gasteiger charge is 2.39. The van der Waals surface area contributed by atoms with E-state index in [2.05, 4.69) is 25.9 Å². The Bertz CT molecular complexity index is 1050. The van der Waals surface area contributed by atoms with Crippen molar-refractivity contribution in [1.82, 2.24) is 25.5 Å². The molecule has 2 fully saturated rings. The molecule has 4 heterocycles. The van der Waals surface area contributed by atoms with Crippen molar-refractivity contribution in [2.24, 2.45) is 0 Å². The van der Waals surface area contributed by atoms with Crippen LogP contribution < -0.4 is 16.0 Å². The molecule has 160 valence electrons. The molecule has 2 atom stereocenters. The van der Waals surface area contributed by atoms with Crippen molar-refractivity contribution in [2.45, 2.75) is 50.9 Å². The molecule has 2 saturated heterocycles. The monoisotopic (exact) mass is 420 g/mol. The first-order chi connectivity index (χ1) is 15.1. The molecule has 3 aliphatic rings. The van der Waals surface area contributed by atoms with Crippen LogP contribution in [0.1, 0.15) is 59.0 Å². The number of benzene rings is 1. The standard InChI is InChI=1S/C22H24N6O3/c29-19-6-5-17(21(30)27-19)28-12-14-10-13(3-4-15(14)22(28)31)11-25-18-7-9-24-20(26-18)16-2-1-8-23-16/h3-4,7,9-10,16-17,23H,1-2,5-6,8,11-12H2,(H,24,25,26)(H,27,29,30). The van der Waals surface area contributed by atoms with E-state index in [1.807, 2.05) is 24.3 Å². The Labute approximate surface area is 179 Å². The number of amides is 3. The Morgan fingerprint density at radius 2 is 2.06 bits per heavy atom. The molecule has 9 heteroatoms. The van der Waals surface area contributed by atoms with Crippen molar-refractivity contribution in [1.29, 1.82) is 0 Å². The lowest BCUT2D eigenvalue weighted by Gasteiger charge is -2.29. The van der Waals surface area contributed by atoms with E-state index in [0.29, 0.717) is 25.1 Å². The number of piperidine rings is 1. The van der Waals surface area contributed by atoms with E-state index in [0.717, 1.165) is 42.2 Å².